The van der Waals surface area contributed by atoms with E-state index in [0.717, 1.165) is 10.8 Å². The van der Waals surface area contributed by atoms with Crippen LogP contribution in [0.25, 0.3) is 10.8 Å². The molecule has 6 unspecified atom stereocenters. The number of rotatable bonds is 0. The first-order valence-electron chi connectivity index (χ1n) is 9.20. The molecule has 2 saturated heterocycles. The van der Waals surface area contributed by atoms with Crippen molar-refractivity contribution in [2.75, 3.05) is 0 Å². The Balaban J connectivity index is 1.49. The Morgan fingerprint density at radius 2 is 1.74 bits per heavy atom. The highest BCUT2D eigenvalue weighted by molar-refractivity contribution is 5.98. The summed E-state index contributed by atoms with van der Waals surface area (Å²) < 4.78 is 24.4. The molecule has 5 aliphatic rings. The van der Waals surface area contributed by atoms with E-state index in [4.69, 9.17) is 18.9 Å². The Labute approximate surface area is 153 Å². The highest BCUT2D eigenvalue weighted by atomic mass is 16.8. The number of carbonyl (C=O) groups is 1. The largest absolute Gasteiger partial charge is 0.446 e. The van der Waals surface area contributed by atoms with Crippen molar-refractivity contribution in [2.24, 2.45) is 0 Å². The van der Waals surface area contributed by atoms with Gasteiger partial charge >= 0.3 is 5.79 Å². The van der Waals surface area contributed by atoms with Gasteiger partial charge in [0.05, 0.1) is 11.5 Å². The average molecular weight is 368 g/mol. The van der Waals surface area contributed by atoms with E-state index in [2.05, 4.69) is 0 Å². The number of ketones is 1. The highest BCUT2D eigenvalue weighted by Gasteiger charge is 2.99. The van der Waals surface area contributed by atoms with Gasteiger partial charge in [-0.05, 0) is 23.9 Å². The van der Waals surface area contributed by atoms with Crippen LogP contribution in [0.5, 0.6) is 11.5 Å². The van der Waals surface area contributed by atoms with Crippen molar-refractivity contribution in [3.63, 3.8) is 0 Å². The van der Waals surface area contributed by atoms with Crippen LogP contribution in [-0.2, 0) is 14.3 Å². The summed E-state index contributed by atoms with van der Waals surface area (Å²) >= 11 is 0. The second-order valence-electron chi connectivity index (χ2n) is 8.00. The fourth-order valence-electron chi connectivity index (χ4n) is 5.63. The SMILES string of the molecule is O=C1CCC(O)C23OC12C1(Oc2cccc4cccc(c24)O1)C1OC1C3O. The minimum Gasteiger partial charge on any atom is -0.446 e. The van der Waals surface area contributed by atoms with Crippen LogP contribution in [-0.4, -0.2) is 57.4 Å². The highest BCUT2D eigenvalue weighted by Crippen LogP contribution is 2.72. The second kappa shape index (κ2) is 4.12. The van der Waals surface area contributed by atoms with Crippen LogP contribution < -0.4 is 9.47 Å². The van der Waals surface area contributed by atoms with Crippen molar-refractivity contribution in [1.82, 2.24) is 0 Å². The maximum Gasteiger partial charge on any atom is 0.320 e. The summed E-state index contributed by atoms with van der Waals surface area (Å²) in [5.74, 6) is -0.636. The zero-order valence-electron chi connectivity index (χ0n) is 14.1. The quantitative estimate of drug-likeness (QED) is 0.660. The van der Waals surface area contributed by atoms with Gasteiger partial charge in [-0.3, -0.25) is 4.79 Å². The van der Waals surface area contributed by atoms with Crippen molar-refractivity contribution in [2.45, 2.75) is 54.2 Å². The van der Waals surface area contributed by atoms with Gasteiger partial charge < -0.3 is 29.2 Å². The molecule has 2 saturated carbocycles. The third-order valence-corrected chi connectivity index (χ3v) is 6.86. The van der Waals surface area contributed by atoms with Crippen molar-refractivity contribution in [3.05, 3.63) is 36.4 Å². The van der Waals surface area contributed by atoms with Gasteiger partial charge in [-0.1, -0.05) is 24.3 Å². The summed E-state index contributed by atoms with van der Waals surface area (Å²) in [6.45, 7) is 0. The summed E-state index contributed by atoms with van der Waals surface area (Å²) in [4.78, 5) is 13.1. The molecule has 7 rings (SSSR count). The van der Waals surface area contributed by atoms with Gasteiger partial charge in [0.15, 0.2) is 17.5 Å². The van der Waals surface area contributed by atoms with E-state index in [-0.39, 0.29) is 18.6 Å². The maximum atomic E-state index is 13.1. The topological polar surface area (TPSA) is 101 Å². The number of epoxide rings is 2. The van der Waals surface area contributed by atoms with Gasteiger partial charge in [0.25, 0.3) is 0 Å². The molecule has 2 N–H and O–H groups in total. The Kier molecular flexibility index (Phi) is 2.26. The molecule has 3 aliphatic heterocycles. The molecule has 7 nitrogen and oxygen atoms in total. The smallest absolute Gasteiger partial charge is 0.320 e. The number of ether oxygens (including phenoxy) is 4. The fourth-order valence-corrected chi connectivity index (χ4v) is 5.63. The monoisotopic (exact) mass is 368 g/mol. The van der Waals surface area contributed by atoms with E-state index in [1.807, 2.05) is 36.4 Å². The number of aliphatic hydroxyl groups excluding tert-OH is 2. The number of Topliss-reactive ketones (excluding diaryl/α,β-unsaturated/α-hetero) is 1. The van der Waals surface area contributed by atoms with Crippen LogP contribution in [0.15, 0.2) is 36.4 Å². The Morgan fingerprint density at radius 3 is 2.44 bits per heavy atom. The number of aliphatic hydroxyl groups is 2. The van der Waals surface area contributed by atoms with Gasteiger partial charge in [-0.15, -0.1) is 0 Å². The molecule has 4 fully saturated rings. The fraction of sp³-hybridized carbons (Fsp3) is 0.450. The van der Waals surface area contributed by atoms with Crippen molar-refractivity contribution in [1.29, 1.82) is 0 Å². The third kappa shape index (κ3) is 1.31. The van der Waals surface area contributed by atoms with E-state index in [0.29, 0.717) is 11.5 Å². The lowest BCUT2D eigenvalue weighted by molar-refractivity contribution is -0.196. The van der Waals surface area contributed by atoms with Gasteiger partial charge in [0.1, 0.15) is 23.7 Å². The summed E-state index contributed by atoms with van der Waals surface area (Å²) in [7, 11) is 0. The molecule has 0 radical (unpaired) electrons. The molecule has 27 heavy (non-hydrogen) atoms. The Bertz CT molecular complexity index is 1010. The van der Waals surface area contributed by atoms with Gasteiger partial charge in [0.2, 0.25) is 5.60 Å². The first kappa shape index (κ1) is 14.8. The minimum atomic E-state index is -1.58. The maximum absolute atomic E-state index is 13.1. The summed E-state index contributed by atoms with van der Waals surface area (Å²) in [6.07, 6.45) is -2.99. The predicted molar refractivity (Wildman–Crippen MR) is 89.4 cm³/mol. The van der Waals surface area contributed by atoms with Crippen LogP contribution >= 0.6 is 0 Å². The van der Waals surface area contributed by atoms with E-state index >= 15 is 0 Å². The first-order valence-corrected chi connectivity index (χ1v) is 9.20. The molecule has 0 bridgehead atoms. The molecule has 2 aliphatic carbocycles. The van der Waals surface area contributed by atoms with Crippen LogP contribution in [0, 0.1) is 0 Å². The standard InChI is InChI=1S/C20H16O7/c21-12-7-8-13(22)19-18(12,27-19)16(23)15-17(24-15)20(19)25-10-5-1-3-9-4-2-6-11(26-20)14(9)10/h1-6,12,15-17,21,23H,7-8H2. The molecule has 1 spiro atoms. The number of carbonyl (C=O) groups excluding carboxylic acids is 1. The number of hydrogen-bond acceptors (Lipinski definition) is 7. The first-order chi connectivity index (χ1) is 13.1. The Morgan fingerprint density at radius 1 is 1.04 bits per heavy atom. The third-order valence-electron chi connectivity index (χ3n) is 6.86. The summed E-state index contributed by atoms with van der Waals surface area (Å²) in [5, 5.41) is 23.2. The molecule has 6 atom stereocenters. The molecule has 2 aromatic carbocycles. The van der Waals surface area contributed by atoms with Crippen LogP contribution in [0.3, 0.4) is 0 Å². The van der Waals surface area contributed by atoms with E-state index < -0.39 is 41.4 Å². The Hall–Kier alpha value is -2.19. The van der Waals surface area contributed by atoms with Crippen molar-refractivity contribution >= 4 is 16.6 Å². The molecule has 2 aromatic rings. The van der Waals surface area contributed by atoms with Gasteiger partial charge in [-0.2, -0.15) is 0 Å². The molecule has 0 aromatic heterocycles. The normalized spacial score (nSPS) is 44.6. The summed E-state index contributed by atoms with van der Waals surface area (Å²) in [5.41, 5.74) is -3.02. The van der Waals surface area contributed by atoms with E-state index in [1.165, 1.54) is 0 Å². The average Bonchev–Trinajstić information content (AvgIpc) is 3.57. The molecule has 7 heteroatoms. The van der Waals surface area contributed by atoms with Crippen LogP contribution in [0.1, 0.15) is 12.8 Å². The van der Waals surface area contributed by atoms with E-state index in [1.54, 1.807) is 0 Å². The number of hydrogen-bond donors (Lipinski definition) is 2. The van der Waals surface area contributed by atoms with Gasteiger partial charge in [0, 0.05) is 6.42 Å². The summed E-state index contributed by atoms with van der Waals surface area (Å²) in [6, 6.07) is 11.3. The van der Waals surface area contributed by atoms with Crippen LogP contribution in [0.4, 0.5) is 0 Å². The van der Waals surface area contributed by atoms with Crippen LogP contribution in [0.2, 0.25) is 0 Å². The molecule has 0 amide bonds. The van der Waals surface area contributed by atoms with Gasteiger partial charge in [-0.25, -0.2) is 0 Å². The minimum absolute atomic E-state index is 0.132. The van der Waals surface area contributed by atoms with E-state index in [9.17, 15) is 15.0 Å². The number of fused-ring (bicyclic) bond motifs is 2. The molecule has 138 valence electrons. The number of benzene rings is 2. The lowest BCUT2D eigenvalue weighted by Gasteiger charge is -2.46. The zero-order valence-corrected chi connectivity index (χ0v) is 14.1. The van der Waals surface area contributed by atoms with Crippen molar-refractivity contribution < 1.29 is 34.0 Å². The van der Waals surface area contributed by atoms with Crippen molar-refractivity contribution in [3.8, 4) is 11.5 Å². The lowest BCUT2D eigenvalue weighted by atomic mass is 9.64. The zero-order chi connectivity index (χ0) is 18.2. The lowest BCUT2D eigenvalue weighted by Crippen LogP contribution is -2.74. The second-order valence-corrected chi connectivity index (χ2v) is 8.00. The predicted octanol–water partition coefficient (Wildman–Crippen LogP) is 0.681. The molecule has 3 heterocycles. The molecular formula is C20H16O7. The molecular weight excluding hydrogens is 352 g/mol.